The molecule has 1 N–H and O–H groups in total. The summed E-state index contributed by atoms with van der Waals surface area (Å²) in [4.78, 5) is 0.205. The van der Waals surface area contributed by atoms with Crippen LogP contribution in [0.25, 0.3) is 10.8 Å². The highest BCUT2D eigenvalue weighted by Crippen LogP contribution is 2.30. The van der Waals surface area contributed by atoms with E-state index in [1.165, 1.54) is 0 Å². The van der Waals surface area contributed by atoms with E-state index in [4.69, 9.17) is 14.2 Å². The van der Waals surface area contributed by atoms with Gasteiger partial charge in [-0.2, -0.15) is 4.72 Å². The topological polar surface area (TPSA) is 73.9 Å². The molecule has 2 aromatic rings. The van der Waals surface area contributed by atoms with Crippen molar-refractivity contribution in [1.82, 2.24) is 4.72 Å². The Morgan fingerprint density at radius 3 is 2.07 bits per heavy atom. The van der Waals surface area contributed by atoms with Crippen molar-refractivity contribution >= 4 is 31.0 Å². The molecule has 0 spiro atoms. The number of rotatable bonds is 10. The normalized spacial score (nSPS) is 15.1. The van der Waals surface area contributed by atoms with E-state index in [1.54, 1.807) is 25.1 Å². The van der Waals surface area contributed by atoms with E-state index in [2.05, 4.69) is 4.72 Å². The smallest absolute Gasteiger partial charge is 0.243 e. The molecule has 0 heterocycles. The Bertz CT molecular complexity index is 862. The third-order valence-corrected chi connectivity index (χ3v) is 7.91. The molecule has 0 fully saturated rings. The highest BCUT2D eigenvalue weighted by atomic mass is 32.2. The highest BCUT2D eigenvalue weighted by molar-refractivity contribution is 7.89. The molecule has 2 aromatic carbocycles. The van der Waals surface area contributed by atoms with Gasteiger partial charge in [-0.1, -0.05) is 36.4 Å². The number of ether oxygens (including phenoxy) is 3. The number of hydrogen-bond acceptors (Lipinski definition) is 5. The molecule has 0 aliphatic carbocycles. The molecule has 27 heavy (non-hydrogen) atoms. The van der Waals surface area contributed by atoms with Crippen molar-refractivity contribution in [2.45, 2.75) is 43.7 Å². The van der Waals surface area contributed by atoms with Gasteiger partial charge in [-0.25, -0.2) is 8.42 Å². The first kappa shape index (κ1) is 22.0. The second-order valence-electron chi connectivity index (χ2n) is 6.36. The molecule has 2 rings (SSSR count). The van der Waals surface area contributed by atoms with Gasteiger partial charge >= 0.3 is 0 Å². The van der Waals surface area contributed by atoms with E-state index in [0.717, 1.165) is 5.39 Å². The van der Waals surface area contributed by atoms with E-state index < -0.39 is 21.2 Å². The summed E-state index contributed by atoms with van der Waals surface area (Å²) in [7, 11) is -3.57. The number of hydrogen-bond donors (Lipinski definition) is 1. The Balaban J connectivity index is 2.53. The average molecular weight is 412 g/mol. The molecule has 0 aliphatic heterocycles. The Morgan fingerprint density at radius 2 is 1.48 bits per heavy atom. The third kappa shape index (κ3) is 4.59. The molecule has 0 saturated carbocycles. The zero-order valence-corrected chi connectivity index (χ0v) is 19.4. The zero-order chi connectivity index (χ0) is 20.1. The molecule has 0 aromatic heterocycles. The molecule has 1 atom stereocenters. The SMILES string of the molecule is CCOC([SiH3])(NS(=O)(=O)c1cccc2ccccc12)C(C)(OCC)OCC. The number of benzene rings is 2. The quantitative estimate of drug-likeness (QED) is 0.478. The molecular formula is C19H29NO5SSi. The number of sulfonamides is 1. The largest absolute Gasteiger partial charge is 0.359 e. The molecule has 0 bridgehead atoms. The van der Waals surface area contributed by atoms with E-state index in [-0.39, 0.29) is 4.90 Å². The number of fused-ring (bicyclic) bond motifs is 1. The Morgan fingerprint density at radius 1 is 0.926 bits per heavy atom. The first-order valence-electron chi connectivity index (χ1n) is 9.16. The van der Waals surface area contributed by atoms with Crippen molar-refractivity contribution in [2.75, 3.05) is 19.8 Å². The summed E-state index contributed by atoms with van der Waals surface area (Å²) in [5, 5.41) is 0.222. The van der Waals surface area contributed by atoms with Crippen LogP contribution in [0.3, 0.4) is 0 Å². The molecule has 0 aliphatic rings. The fourth-order valence-corrected chi connectivity index (χ4v) is 6.14. The Hall–Kier alpha value is -1.29. The van der Waals surface area contributed by atoms with Gasteiger partial charge in [0.15, 0.2) is 5.35 Å². The summed E-state index contributed by atoms with van der Waals surface area (Å²) in [5.41, 5.74) is 0. The molecular weight excluding hydrogens is 382 g/mol. The summed E-state index contributed by atoms with van der Waals surface area (Å²) in [6, 6.07) is 12.6. The van der Waals surface area contributed by atoms with Crippen LogP contribution in [0, 0.1) is 0 Å². The monoisotopic (exact) mass is 411 g/mol. The van der Waals surface area contributed by atoms with Crippen molar-refractivity contribution in [3.63, 3.8) is 0 Å². The molecule has 0 radical (unpaired) electrons. The van der Waals surface area contributed by atoms with Gasteiger partial charge in [-0.3, -0.25) is 0 Å². The van der Waals surface area contributed by atoms with Gasteiger partial charge in [0, 0.05) is 25.2 Å². The van der Waals surface area contributed by atoms with Crippen LogP contribution in [0.5, 0.6) is 0 Å². The van der Waals surface area contributed by atoms with E-state index in [9.17, 15) is 8.42 Å². The molecule has 150 valence electrons. The van der Waals surface area contributed by atoms with Gasteiger partial charge in [0.2, 0.25) is 15.8 Å². The minimum Gasteiger partial charge on any atom is -0.359 e. The van der Waals surface area contributed by atoms with E-state index in [0.29, 0.717) is 35.4 Å². The van der Waals surface area contributed by atoms with Crippen molar-refractivity contribution in [3.8, 4) is 0 Å². The fourth-order valence-electron chi connectivity index (χ4n) is 3.15. The first-order valence-corrected chi connectivity index (χ1v) is 11.6. The fraction of sp³-hybridized carbons (Fsp3) is 0.474. The second kappa shape index (κ2) is 8.81. The van der Waals surface area contributed by atoms with Crippen molar-refractivity contribution in [3.05, 3.63) is 42.5 Å². The van der Waals surface area contributed by atoms with E-state index >= 15 is 0 Å². The third-order valence-electron chi connectivity index (χ3n) is 4.51. The lowest BCUT2D eigenvalue weighted by Crippen LogP contribution is -2.67. The lowest BCUT2D eigenvalue weighted by atomic mass is 10.1. The summed E-state index contributed by atoms with van der Waals surface area (Å²) in [6.07, 6.45) is 0. The molecule has 0 amide bonds. The summed E-state index contributed by atoms with van der Waals surface area (Å²) in [6.45, 7) is 8.25. The van der Waals surface area contributed by atoms with Gasteiger partial charge in [0.25, 0.3) is 0 Å². The minimum atomic E-state index is -3.89. The standard InChI is InChI=1S/C19H29NO5SSi/c1-5-23-18(4,24-6-2)19(27,25-7-3)20-26(21,22)17-14-10-12-15-11-8-9-13-16(15)17/h8-14,20H,5-7H2,1-4,27H3. The van der Waals surface area contributed by atoms with Crippen LogP contribution in [0.1, 0.15) is 27.7 Å². The van der Waals surface area contributed by atoms with Gasteiger partial charge in [-0.15, -0.1) is 0 Å². The summed E-state index contributed by atoms with van der Waals surface area (Å²) < 4.78 is 46.9. The molecule has 6 nitrogen and oxygen atoms in total. The lowest BCUT2D eigenvalue weighted by Gasteiger charge is -2.45. The lowest BCUT2D eigenvalue weighted by molar-refractivity contribution is -0.296. The molecule has 0 saturated heterocycles. The highest BCUT2D eigenvalue weighted by Gasteiger charge is 2.50. The first-order chi connectivity index (χ1) is 12.7. The van der Waals surface area contributed by atoms with Crippen LogP contribution < -0.4 is 4.72 Å². The van der Waals surface area contributed by atoms with Gasteiger partial charge in [0.05, 0.1) is 15.1 Å². The van der Waals surface area contributed by atoms with E-state index in [1.807, 2.05) is 45.0 Å². The molecule has 8 heteroatoms. The van der Waals surface area contributed by atoms with Crippen LogP contribution in [0.15, 0.2) is 47.4 Å². The predicted molar refractivity (Wildman–Crippen MR) is 110 cm³/mol. The Kier molecular flexibility index (Phi) is 7.18. The van der Waals surface area contributed by atoms with Gasteiger partial charge in [0.1, 0.15) is 0 Å². The van der Waals surface area contributed by atoms with Crippen molar-refractivity contribution < 1.29 is 22.6 Å². The maximum atomic E-state index is 13.3. The maximum absolute atomic E-state index is 13.3. The minimum absolute atomic E-state index is 0.205. The summed E-state index contributed by atoms with van der Waals surface area (Å²) in [5.74, 6) is -1.24. The second-order valence-corrected chi connectivity index (χ2v) is 9.42. The summed E-state index contributed by atoms with van der Waals surface area (Å²) >= 11 is 0. The molecule has 1 unspecified atom stereocenters. The maximum Gasteiger partial charge on any atom is 0.243 e. The van der Waals surface area contributed by atoms with Crippen LogP contribution in [0.2, 0.25) is 0 Å². The van der Waals surface area contributed by atoms with Crippen LogP contribution >= 0.6 is 0 Å². The predicted octanol–water partition coefficient (Wildman–Crippen LogP) is 1.96. The van der Waals surface area contributed by atoms with Crippen LogP contribution in [-0.2, 0) is 24.2 Å². The van der Waals surface area contributed by atoms with Crippen molar-refractivity contribution in [1.29, 1.82) is 0 Å². The average Bonchev–Trinajstić information content (AvgIpc) is 2.61. The van der Waals surface area contributed by atoms with Crippen LogP contribution in [0.4, 0.5) is 0 Å². The Labute approximate surface area is 164 Å². The zero-order valence-electron chi connectivity index (χ0n) is 16.6. The van der Waals surface area contributed by atoms with Gasteiger partial charge in [-0.05, 0) is 39.1 Å². The van der Waals surface area contributed by atoms with Crippen molar-refractivity contribution in [2.24, 2.45) is 0 Å². The van der Waals surface area contributed by atoms with Crippen LogP contribution in [-0.4, -0.2) is 49.6 Å². The van der Waals surface area contributed by atoms with Gasteiger partial charge < -0.3 is 14.2 Å². The number of nitrogens with one attached hydrogen (secondary N) is 1.